The average molecular weight is 265 g/mol. The van der Waals surface area contributed by atoms with Gasteiger partial charge in [0.05, 0.1) is 11.8 Å². The third-order valence-electron chi connectivity index (χ3n) is 3.51. The number of nitrogens with zero attached hydrogens (tertiary/aromatic N) is 2. The van der Waals surface area contributed by atoms with E-state index in [0.29, 0.717) is 17.6 Å². The summed E-state index contributed by atoms with van der Waals surface area (Å²) in [7, 11) is 0. The molecule has 3 aromatic rings. The molecule has 2 heterocycles. The normalized spacial score (nSPS) is 14.7. The van der Waals surface area contributed by atoms with Crippen LogP contribution >= 0.6 is 0 Å². The number of aryl methyl sites for hydroxylation is 1. The summed E-state index contributed by atoms with van der Waals surface area (Å²) < 4.78 is 5.42. The van der Waals surface area contributed by atoms with Crippen molar-refractivity contribution >= 4 is 16.7 Å². The molecule has 0 aliphatic heterocycles. The molecule has 0 spiro atoms. The monoisotopic (exact) mass is 265 g/mol. The second-order valence-corrected chi connectivity index (χ2v) is 5.31. The van der Waals surface area contributed by atoms with Gasteiger partial charge in [0.15, 0.2) is 11.6 Å². The zero-order chi connectivity index (χ0) is 13.5. The Morgan fingerprint density at radius 1 is 1.20 bits per heavy atom. The van der Waals surface area contributed by atoms with E-state index in [1.54, 1.807) is 6.26 Å². The van der Waals surface area contributed by atoms with E-state index in [9.17, 15) is 0 Å². The van der Waals surface area contributed by atoms with Crippen molar-refractivity contribution in [2.45, 2.75) is 25.8 Å². The lowest BCUT2D eigenvalue weighted by molar-refractivity contribution is 0.577. The molecule has 0 bridgehead atoms. The van der Waals surface area contributed by atoms with Crippen LogP contribution in [0.15, 0.2) is 41.0 Å². The van der Waals surface area contributed by atoms with E-state index in [0.717, 1.165) is 16.7 Å². The maximum absolute atomic E-state index is 5.42. The largest absolute Gasteiger partial charge is 0.461 e. The summed E-state index contributed by atoms with van der Waals surface area (Å²) in [5, 5.41) is 4.57. The molecular formula is C16H15N3O. The summed E-state index contributed by atoms with van der Waals surface area (Å²) in [4.78, 5) is 9.25. The van der Waals surface area contributed by atoms with E-state index in [2.05, 4.69) is 34.3 Å². The van der Waals surface area contributed by atoms with Gasteiger partial charge in [0.2, 0.25) is 0 Å². The molecule has 0 radical (unpaired) electrons. The van der Waals surface area contributed by atoms with Crippen molar-refractivity contribution in [3.63, 3.8) is 0 Å². The lowest BCUT2D eigenvalue weighted by atomic mass is 10.1. The van der Waals surface area contributed by atoms with Crippen molar-refractivity contribution in [1.29, 1.82) is 0 Å². The predicted octanol–water partition coefficient (Wildman–Crippen LogP) is 3.77. The van der Waals surface area contributed by atoms with E-state index in [1.165, 1.54) is 18.4 Å². The van der Waals surface area contributed by atoms with Gasteiger partial charge in [0.25, 0.3) is 0 Å². The Hall–Kier alpha value is -2.36. The highest BCUT2D eigenvalue weighted by Gasteiger charge is 2.23. The Bertz CT molecular complexity index is 761. The van der Waals surface area contributed by atoms with Crippen molar-refractivity contribution < 1.29 is 4.42 Å². The number of benzene rings is 1. The third kappa shape index (κ3) is 2.03. The van der Waals surface area contributed by atoms with Crippen molar-refractivity contribution in [1.82, 2.24) is 9.97 Å². The minimum atomic E-state index is 0.554. The maximum atomic E-state index is 5.42. The maximum Gasteiger partial charge on any atom is 0.198 e. The van der Waals surface area contributed by atoms with Gasteiger partial charge in [0.1, 0.15) is 5.82 Å². The van der Waals surface area contributed by atoms with Crippen LogP contribution < -0.4 is 5.32 Å². The Balaban J connectivity index is 1.91. The summed E-state index contributed by atoms with van der Waals surface area (Å²) in [5.41, 5.74) is 2.16. The first-order chi connectivity index (χ1) is 9.79. The van der Waals surface area contributed by atoms with E-state index in [1.807, 2.05) is 18.2 Å². The summed E-state index contributed by atoms with van der Waals surface area (Å²) in [5.74, 6) is 2.24. The van der Waals surface area contributed by atoms with Crippen LogP contribution in [0.4, 0.5) is 5.82 Å². The van der Waals surface area contributed by atoms with E-state index in [4.69, 9.17) is 4.42 Å². The minimum absolute atomic E-state index is 0.554. The van der Waals surface area contributed by atoms with Gasteiger partial charge < -0.3 is 9.73 Å². The summed E-state index contributed by atoms with van der Waals surface area (Å²) in [6.07, 6.45) is 4.08. The van der Waals surface area contributed by atoms with E-state index >= 15 is 0 Å². The van der Waals surface area contributed by atoms with Crippen LogP contribution in [0, 0.1) is 6.92 Å². The Kier molecular flexibility index (Phi) is 2.49. The highest BCUT2D eigenvalue weighted by molar-refractivity contribution is 5.91. The Morgan fingerprint density at radius 2 is 2.10 bits per heavy atom. The molecule has 1 saturated carbocycles. The number of fused-ring (bicyclic) bond motifs is 1. The van der Waals surface area contributed by atoms with Crippen molar-refractivity contribution in [3.8, 4) is 11.6 Å². The fourth-order valence-corrected chi connectivity index (χ4v) is 2.29. The van der Waals surface area contributed by atoms with Crippen LogP contribution in [0.3, 0.4) is 0 Å². The lowest BCUT2D eigenvalue weighted by Crippen LogP contribution is -2.05. The van der Waals surface area contributed by atoms with E-state index in [-0.39, 0.29) is 0 Å². The predicted molar refractivity (Wildman–Crippen MR) is 78.6 cm³/mol. The van der Waals surface area contributed by atoms with Crippen molar-refractivity contribution in [2.75, 3.05) is 5.32 Å². The fourth-order valence-electron chi connectivity index (χ4n) is 2.29. The number of anilines is 1. The first-order valence-corrected chi connectivity index (χ1v) is 6.88. The average Bonchev–Trinajstić information content (AvgIpc) is 3.09. The van der Waals surface area contributed by atoms with Gasteiger partial charge in [-0.25, -0.2) is 9.97 Å². The molecule has 1 aromatic carbocycles. The SMILES string of the molecule is Cc1ccc2nc(-c3ccco3)nc(NC3CC3)c2c1. The summed E-state index contributed by atoms with van der Waals surface area (Å²) >= 11 is 0. The van der Waals surface area contributed by atoms with Gasteiger partial charge >= 0.3 is 0 Å². The van der Waals surface area contributed by atoms with Gasteiger partial charge in [-0.15, -0.1) is 0 Å². The van der Waals surface area contributed by atoms with Crippen molar-refractivity contribution in [2.24, 2.45) is 0 Å². The first kappa shape index (κ1) is 11.5. The number of rotatable bonds is 3. The third-order valence-corrected chi connectivity index (χ3v) is 3.51. The molecule has 1 fully saturated rings. The molecular weight excluding hydrogens is 250 g/mol. The molecule has 0 saturated heterocycles. The van der Waals surface area contributed by atoms with Crippen LogP contribution in [-0.4, -0.2) is 16.0 Å². The topological polar surface area (TPSA) is 51.0 Å². The molecule has 100 valence electrons. The number of hydrogen-bond acceptors (Lipinski definition) is 4. The smallest absolute Gasteiger partial charge is 0.198 e. The van der Waals surface area contributed by atoms with Crippen LogP contribution in [0.2, 0.25) is 0 Å². The van der Waals surface area contributed by atoms with Crippen LogP contribution in [0.25, 0.3) is 22.5 Å². The zero-order valence-corrected chi connectivity index (χ0v) is 11.3. The molecule has 0 atom stereocenters. The summed E-state index contributed by atoms with van der Waals surface area (Å²) in [6, 6.07) is 10.5. The van der Waals surface area contributed by atoms with Crippen LogP contribution in [-0.2, 0) is 0 Å². The zero-order valence-electron chi connectivity index (χ0n) is 11.3. The quantitative estimate of drug-likeness (QED) is 0.783. The van der Waals surface area contributed by atoms with Gasteiger partial charge in [-0.3, -0.25) is 0 Å². The molecule has 1 aliphatic rings. The van der Waals surface area contributed by atoms with Gasteiger partial charge in [-0.2, -0.15) is 0 Å². The number of furan rings is 1. The standard InChI is InChI=1S/C16H15N3O/c1-10-4-7-13-12(9-10)15(17-11-5-6-11)19-16(18-13)14-3-2-8-20-14/h2-4,7-9,11H,5-6H2,1H3,(H,17,18,19). The highest BCUT2D eigenvalue weighted by atomic mass is 16.3. The Morgan fingerprint density at radius 3 is 2.85 bits per heavy atom. The second kappa shape index (κ2) is 4.34. The summed E-state index contributed by atoms with van der Waals surface area (Å²) in [6.45, 7) is 2.08. The minimum Gasteiger partial charge on any atom is -0.461 e. The second-order valence-electron chi connectivity index (χ2n) is 5.31. The fraction of sp³-hybridized carbons (Fsp3) is 0.250. The van der Waals surface area contributed by atoms with E-state index < -0.39 is 0 Å². The molecule has 4 rings (SSSR count). The molecule has 1 aliphatic carbocycles. The molecule has 0 unspecified atom stereocenters. The van der Waals surface area contributed by atoms with Crippen LogP contribution in [0.5, 0.6) is 0 Å². The highest BCUT2D eigenvalue weighted by Crippen LogP contribution is 2.30. The number of hydrogen-bond donors (Lipinski definition) is 1. The first-order valence-electron chi connectivity index (χ1n) is 6.88. The van der Waals surface area contributed by atoms with Crippen LogP contribution in [0.1, 0.15) is 18.4 Å². The van der Waals surface area contributed by atoms with Gasteiger partial charge in [0, 0.05) is 11.4 Å². The van der Waals surface area contributed by atoms with Gasteiger partial charge in [-0.1, -0.05) is 11.6 Å². The number of nitrogens with one attached hydrogen (secondary N) is 1. The van der Waals surface area contributed by atoms with Crippen molar-refractivity contribution in [3.05, 3.63) is 42.2 Å². The Labute approximate surface area is 116 Å². The lowest BCUT2D eigenvalue weighted by Gasteiger charge is -2.10. The molecule has 2 aromatic heterocycles. The molecule has 0 amide bonds. The molecule has 1 N–H and O–H groups in total. The molecule has 4 heteroatoms. The molecule has 20 heavy (non-hydrogen) atoms. The number of aromatic nitrogens is 2. The molecule has 4 nitrogen and oxygen atoms in total. The van der Waals surface area contributed by atoms with Gasteiger partial charge in [-0.05, 0) is 44.0 Å².